The Kier molecular flexibility index (Phi) is 16.6. The smallest absolute Gasteiger partial charge is 0.329 e. The van der Waals surface area contributed by atoms with Crippen LogP contribution >= 0.6 is 0 Å². The Morgan fingerprint density at radius 2 is 0.625 bits per heavy atom. The molecule has 0 N–H and O–H groups in total. The monoisotopic (exact) mass is 681 g/mol. The van der Waals surface area contributed by atoms with E-state index in [0.29, 0.717) is 19.3 Å². The zero-order valence-corrected chi connectivity index (χ0v) is 32.1. The van der Waals surface area contributed by atoms with Gasteiger partial charge in [-0.05, 0) is 37.0 Å². The summed E-state index contributed by atoms with van der Waals surface area (Å²) in [6, 6.07) is -3.34. The molecule has 9 atom stereocenters. The molecule has 1 saturated heterocycles. The molecule has 2 unspecified atom stereocenters. The first-order chi connectivity index (χ1) is 22.2. The Labute approximate surface area is 288 Å². The van der Waals surface area contributed by atoms with Gasteiger partial charge in [0.2, 0.25) is 0 Å². The van der Waals surface area contributed by atoms with Gasteiger partial charge in [0.15, 0.2) is 18.3 Å². The van der Waals surface area contributed by atoms with E-state index in [1.54, 1.807) is 62.3 Å². The summed E-state index contributed by atoms with van der Waals surface area (Å²) in [4.78, 5) is 87.8. The van der Waals surface area contributed by atoms with Crippen molar-refractivity contribution in [1.29, 1.82) is 0 Å². The predicted octanol–water partition coefficient (Wildman–Crippen LogP) is 4.32. The predicted molar refractivity (Wildman–Crippen MR) is 182 cm³/mol. The second-order valence-corrected chi connectivity index (χ2v) is 14.6. The van der Waals surface area contributed by atoms with Gasteiger partial charge in [0.05, 0.1) is 0 Å². The molecule has 0 aliphatic carbocycles. The normalized spacial score (nSPS) is 28.2. The fraction of sp³-hybridized carbons (Fsp3) is 0.833. The largest absolute Gasteiger partial charge is 0.450 e. The Hall–Kier alpha value is -3.18. The van der Waals surface area contributed by atoms with Crippen molar-refractivity contribution in [3.05, 3.63) is 0 Å². The average Bonchev–Trinajstić information content (AvgIpc) is 3.01. The fourth-order valence-corrected chi connectivity index (χ4v) is 6.10. The topological polar surface area (TPSA) is 140 Å². The number of amides is 3. The molecular weight excluding hydrogens is 618 g/mol. The summed E-state index contributed by atoms with van der Waals surface area (Å²) in [6.07, 6.45) is -2.35. The molecule has 0 aromatic rings. The molecular formula is C36H63N3O9. The lowest BCUT2D eigenvalue weighted by Crippen LogP contribution is -2.58. The van der Waals surface area contributed by atoms with E-state index in [0.717, 1.165) is 0 Å². The lowest BCUT2D eigenvalue weighted by Gasteiger charge is -2.39. The molecule has 0 aromatic carbocycles. The maximum Gasteiger partial charge on any atom is 0.329 e. The van der Waals surface area contributed by atoms with E-state index in [2.05, 4.69) is 0 Å². The van der Waals surface area contributed by atoms with Gasteiger partial charge in [-0.2, -0.15) is 0 Å². The molecule has 12 nitrogen and oxygen atoms in total. The van der Waals surface area contributed by atoms with Crippen molar-refractivity contribution in [2.24, 2.45) is 35.5 Å². The lowest BCUT2D eigenvalue weighted by molar-refractivity contribution is -0.182. The molecule has 0 aromatic heterocycles. The molecule has 276 valence electrons. The Morgan fingerprint density at radius 3 is 0.771 bits per heavy atom. The third kappa shape index (κ3) is 9.94. The van der Waals surface area contributed by atoms with Gasteiger partial charge in [-0.25, -0.2) is 14.4 Å². The first kappa shape index (κ1) is 42.8. The molecule has 1 fully saturated rings. The summed E-state index contributed by atoms with van der Waals surface area (Å²) < 4.78 is 17.8. The number of ether oxygens (including phenoxy) is 3. The van der Waals surface area contributed by atoms with E-state index in [1.807, 2.05) is 20.8 Å². The molecule has 3 amide bonds. The first-order valence-electron chi connectivity index (χ1n) is 17.6. The molecule has 0 spiro atoms. The van der Waals surface area contributed by atoms with Gasteiger partial charge in [0.1, 0.15) is 18.1 Å². The molecule has 48 heavy (non-hydrogen) atoms. The van der Waals surface area contributed by atoms with Crippen LogP contribution in [0.25, 0.3) is 0 Å². The van der Waals surface area contributed by atoms with Crippen molar-refractivity contribution in [3.63, 3.8) is 0 Å². The van der Waals surface area contributed by atoms with Crippen molar-refractivity contribution < 1.29 is 43.0 Å². The number of rotatable bonds is 9. The number of carbonyl (C=O) groups excluding carboxylic acids is 6. The van der Waals surface area contributed by atoms with Crippen molar-refractivity contribution in [2.75, 3.05) is 21.1 Å². The van der Waals surface area contributed by atoms with Crippen LogP contribution < -0.4 is 0 Å². The molecule has 1 aliphatic heterocycles. The maximum atomic E-state index is 14.1. The number of hydrogen-bond donors (Lipinski definition) is 0. The first-order valence-corrected chi connectivity index (χ1v) is 17.6. The van der Waals surface area contributed by atoms with E-state index in [-0.39, 0.29) is 0 Å². The van der Waals surface area contributed by atoms with Crippen molar-refractivity contribution in [3.8, 4) is 0 Å². The third-order valence-electron chi connectivity index (χ3n) is 9.86. The van der Waals surface area contributed by atoms with Crippen LogP contribution in [0.4, 0.5) is 0 Å². The number of cyclic esters (lactones) is 3. The van der Waals surface area contributed by atoms with Gasteiger partial charge in [-0.1, -0.05) is 83.1 Å². The van der Waals surface area contributed by atoms with Crippen LogP contribution in [0, 0.1) is 35.5 Å². The minimum Gasteiger partial charge on any atom is -0.450 e. The minimum atomic E-state index is -1.27. The molecule has 1 heterocycles. The van der Waals surface area contributed by atoms with Crippen LogP contribution in [0.15, 0.2) is 0 Å². The molecule has 0 bridgehead atoms. The molecule has 1 aliphatic rings. The van der Waals surface area contributed by atoms with E-state index >= 15 is 0 Å². The van der Waals surface area contributed by atoms with E-state index in [1.165, 1.54) is 35.8 Å². The number of esters is 3. The summed E-state index contributed by atoms with van der Waals surface area (Å²) in [5.41, 5.74) is 0. The summed E-state index contributed by atoms with van der Waals surface area (Å²) in [7, 11) is 4.37. The molecule has 0 saturated carbocycles. The molecule has 1 rings (SSSR count). The van der Waals surface area contributed by atoms with Crippen molar-refractivity contribution >= 4 is 35.6 Å². The van der Waals surface area contributed by atoms with Crippen LogP contribution in [0.3, 0.4) is 0 Å². The van der Waals surface area contributed by atoms with Crippen LogP contribution in [-0.4, -0.2) is 108 Å². The average molecular weight is 682 g/mol. The van der Waals surface area contributed by atoms with Gasteiger partial charge in [-0.3, -0.25) is 14.4 Å². The van der Waals surface area contributed by atoms with Crippen LogP contribution in [-0.2, 0) is 43.0 Å². The number of carbonyl (C=O) groups is 6. The van der Waals surface area contributed by atoms with E-state index in [9.17, 15) is 28.8 Å². The Balaban J connectivity index is 4.04. The van der Waals surface area contributed by atoms with Crippen LogP contribution in [0.1, 0.15) is 102 Å². The minimum absolute atomic E-state index is 0.432. The highest BCUT2D eigenvalue weighted by Gasteiger charge is 2.45. The van der Waals surface area contributed by atoms with E-state index < -0.39 is 108 Å². The van der Waals surface area contributed by atoms with Gasteiger partial charge in [-0.15, -0.1) is 0 Å². The molecule has 0 radical (unpaired) electrons. The maximum absolute atomic E-state index is 14.1. The fourth-order valence-electron chi connectivity index (χ4n) is 6.10. The summed E-state index contributed by atoms with van der Waals surface area (Å²) in [5.74, 6) is -6.73. The van der Waals surface area contributed by atoms with Gasteiger partial charge >= 0.3 is 17.9 Å². The Morgan fingerprint density at radius 1 is 0.438 bits per heavy atom. The Bertz CT molecular complexity index is 1000. The highest BCUT2D eigenvalue weighted by molar-refractivity contribution is 5.94. The summed E-state index contributed by atoms with van der Waals surface area (Å²) in [6.45, 7) is 21.4. The third-order valence-corrected chi connectivity index (χ3v) is 9.86. The highest BCUT2D eigenvalue weighted by Crippen LogP contribution is 2.27. The van der Waals surface area contributed by atoms with Crippen LogP contribution in [0.5, 0.6) is 0 Å². The second kappa shape index (κ2) is 18.5. The van der Waals surface area contributed by atoms with Crippen LogP contribution in [0.2, 0.25) is 0 Å². The zero-order chi connectivity index (χ0) is 37.4. The van der Waals surface area contributed by atoms with E-state index in [4.69, 9.17) is 14.2 Å². The van der Waals surface area contributed by atoms with Gasteiger partial charge in [0, 0.05) is 38.9 Å². The van der Waals surface area contributed by atoms with Gasteiger partial charge < -0.3 is 28.9 Å². The SMILES string of the molecule is CCC(C)[C@H]1OC(=O)[C@H](C(C)C)N(C)C(=O)[C@@H]([C@@H](C)CC)OC(=O)[C@H](C(C)C)N(C)C(=O)C([C@@H](C)CC)OC(=O)[C@H](C(C)C)N(C)C1=O. The van der Waals surface area contributed by atoms with Gasteiger partial charge in [0.25, 0.3) is 17.7 Å². The molecule has 12 heteroatoms. The summed E-state index contributed by atoms with van der Waals surface area (Å²) in [5, 5.41) is 0. The van der Waals surface area contributed by atoms with Crippen molar-refractivity contribution in [2.45, 2.75) is 139 Å². The number of likely N-dealkylation sites (N-methyl/N-ethyl adjacent to an activating group) is 3. The summed E-state index contributed by atoms with van der Waals surface area (Å²) >= 11 is 0. The van der Waals surface area contributed by atoms with Crippen molar-refractivity contribution in [1.82, 2.24) is 14.7 Å². The second-order valence-electron chi connectivity index (χ2n) is 14.6. The highest BCUT2D eigenvalue weighted by atomic mass is 16.6. The zero-order valence-electron chi connectivity index (χ0n) is 32.1. The standard InChI is InChI=1S/C36H63N3O9/c1-16-22(10)28-31(40)37(13)26(20(6)7)35(44)47-30(24(12)18-3)33(42)39(15)27(21(8)9)36(45)48-29(23(11)17-2)32(41)38(14)25(19(4)5)34(43)46-28/h19-30H,16-18H2,1-15H3/t22-,23-,24?,25-,26-,27-,28+,29?,30+/m0/s1. The number of hydrogen-bond acceptors (Lipinski definition) is 9. The lowest BCUT2D eigenvalue weighted by atomic mass is 9.95. The quantitative estimate of drug-likeness (QED) is 0.257. The number of nitrogens with zero attached hydrogens (tertiary/aromatic N) is 3.